The summed E-state index contributed by atoms with van der Waals surface area (Å²) in [5, 5.41) is 11.5. The first-order valence-corrected chi connectivity index (χ1v) is 12.3. The van der Waals surface area contributed by atoms with Gasteiger partial charge in [0.25, 0.3) is 0 Å². The predicted octanol–water partition coefficient (Wildman–Crippen LogP) is 3.87. The third kappa shape index (κ3) is 6.98. The number of ether oxygens (including phenoxy) is 2. The van der Waals surface area contributed by atoms with Gasteiger partial charge in [-0.1, -0.05) is 17.8 Å². The highest BCUT2D eigenvalue weighted by atomic mass is 32.2. The molecule has 1 aromatic heterocycles. The third-order valence-electron chi connectivity index (χ3n) is 5.24. The molecule has 9 nitrogen and oxygen atoms in total. The van der Waals surface area contributed by atoms with Crippen molar-refractivity contribution >= 4 is 29.3 Å². The van der Waals surface area contributed by atoms with Gasteiger partial charge in [-0.25, -0.2) is 0 Å². The Morgan fingerprint density at radius 2 is 1.77 bits per heavy atom. The van der Waals surface area contributed by atoms with E-state index in [1.807, 2.05) is 37.5 Å². The summed E-state index contributed by atoms with van der Waals surface area (Å²) in [6.45, 7) is 8.78. The Labute approximate surface area is 209 Å². The van der Waals surface area contributed by atoms with Crippen molar-refractivity contribution in [3.8, 4) is 17.2 Å². The lowest BCUT2D eigenvalue weighted by molar-refractivity contribution is -0.131. The number of likely N-dealkylation sites (N-methyl/N-ethyl adjacent to an activating group) is 1. The summed E-state index contributed by atoms with van der Waals surface area (Å²) >= 11 is 1.28. The lowest BCUT2D eigenvalue weighted by atomic mass is 10.1. The minimum Gasteiger partial charge on any atom is -0.490 e. The molecule has 0 fully saturated rings. The number of aryl methyl sites for hydroxylation is 2. The highest BCUT2D eigenvalue weighted by Crippen LogP contribution is 2.30. The summed E-state index contributed by atoms with van der Waals surface area (Å²) in [6.07, 6.45) is 1.63. The fraction of sp³-hybridized carbons (Fsp3) is 0.360. The summed E-state index contributed by atoms with van der Waals surface area (Å²) in [7, 11) is 1.60. The molecule has 0 aliphatic rings. The number of nitrogens with one attached hydrogen (secondary N) is 1. The number of rotatable bonds is 11. The van der Waals surface area contributed by atoms with Crippen LogP contribution in [0.3, 0.4) is 0 Å². The van der Waals surface area contributed by atoms with Gasteiger partial charge in [0.1, 0.15) is 6.33 Å². The van der Waals surface area contributed by atoms with E-state index in [1.54, 1.807) is 31.6 Å². The van der Waals surface area contributed by atoms with Crippen LogP contribution in [0.15, 0.2) is 47.9 Å². The predicted molar refractivity (Wildman–Crippen MR) is 137 cm³/mol. The van der Waals surface area contributed by atoms with Crippen LogP contribution >= 0.6 is 11.8 Å². The molecule has 10 heteroatoms. The number of benzene rings is 2. The monoisotopic (exact) mass is 497 g/mol. The molecule has 0 aliphatic carbocycles. The number of hydrogen-bond acceptors (Lipinski definition) is 7. The first-order valence-electron chi connectivity index (χ1n) is 11.4. The molecule has 186 valence electrons. The molecule has 0 spiro atoms. The van der Waals surface area contributed by atoms with Gasteiger partial charge in [-0.3, -0.25) is 14.2 Å². The molecule has 0 unspecified atom stereocenters. The molecule has 2 aromatic carbocycles. The zero-order valence-electron chi connectivity index (χ0n) is 20.7. The molecule has 3 aromatic rings. The number of aromatic nitrogens is 3. The quantitative estimate of drug-likeness (QED) is 0.402. The van der Waals surface area contributed by atoms with Gasteiger partial charge >= 0.3 is 0 Å². The molecule has 0 saturated heterocycles. The molecular weight excluding hydrogens is 466 g/mol. The van der Waals surface area contributed by atoms with Gasteiger partial charge in [-0.2, -0.15) is 0 Å². The number of carbonyl (C=O) groups excluding carboxylic acids is 2. The molecule has 0 atom stereocenters. The van der Waals surface area contributed by atoms with E-state index in [1.165, 1.54) is 22.2 Å². The van der Waals surface area contributed by atoms with Crippen LogP contribution in [0.4, 0.5) is 5.69 Å². The van der Waals surface area contributed by atoms with Gasteiger partial charge in [-0.15, -0.1) is 10.2 Å². The maximum atomic E-state index is 12.7. The highest BCUT2D eigenvalue weighted by molar-refractivity contribution is 7.99. The average molecular weight is 498 g/mol. The summed E-state index contributed by atoms with van der Waals surface area (Å²) in [5.74, 6) is 0.800. The van der Waals surface area contributed by atoms with E-state index in [2.05, 4.69) is 28.5 Å². The smallest absolute Gasteiger partial charge is 0.243 e. The van der Waals surface area contributed by atoms with Crippen molar-refractivity contribution in [3.63, 3.8) is 0 Å². The Balaban J connectivity index is 1.56. The molecule has 0 bridgehead atoms. The number of anilines is 1. The Kier molecular flexibility index (Phi) is 9.13. The maximum Gasteiger partial charge on any atom is 0.243 e. The van der Waals surface area contributed by atoms with Crippen LogP contribution in [0.5, 0.6) is 11.5 Å². The number of hydrogen-bond donors (Lipinski definition) is 1. The van der Waals surface area contributed by atoms with Crippen molar-refractivity contribution in [1.82, 2.24) is 19.7 Å². The van der Waals surface area contributed by atoms with E-state index in [4.69, 9.17) is 9.47 Å². The molecule has 0 aliphatic heterocycles. The van der Waals surface area contributed by atoms with Gasteiger partial charge in [0, 0.05) is 24.5 Å². The fourth-order valence-corrected chi connectivity index (χ4v) is 4.11. The molecule has 35 heavy (non-hydrogen) atoms. The molecule has 0 radical (unpaired) electrons. The lowest BCUT2D eigenvalue weighted by Crippen LogP contribution is -2.36. The number of nitrogens with zero attached hydrogens (tertiary/aromatic N) is 4. The van der Waals surface area contributed by atoms with Crippen molar-refractivity contribution < 1.29 is 19.1 Å². The molecule has 1 heterocycles. The van der Waals surface area contributed by atoms with Crippen molar-refractivity contribution in [2.45, 2.75) is 32.9 Å². The van der Waals surface area contributed by atoms with Crippen LogP contribution in [0.1, 0.15) is 25.0 Å². The van der Waals surface area contributed by atoms with Crippen LogP contribution in [0.25, 0.3) is 5.69 Å². The Morgan fingerprint density at radius 3 is 2.49 bits per heavy atom. The summed E-state index contributed by atoms with van der Waals surface area (Å²) < 4.78 is 13.0. The van der Waals surface area contributed by atoms with Gasteiger partial charge in [0.15, 0.2) is 16.7 Å². The number of carbonyl (C=O) groups is 2. The first kappa shape index (κ1) is 26.1. The topological polar surface area (TPSA) is 98.6 Å². The molecule has 1 N–H and O–H groups in total. The van der Waals surface area contributed by atoms with E-state index in [0.29, 0.717) is 35.6 Å². The molecule has 0 saturated carbocycles. The van der Waals surface area contributed by atoms with Crippen molar-refractivity contribution in [2.24, 2.45) is 0 Å². The van der Waals surface area contributed by atoms with Crippen LogP contribution in [0, 0.1) is 13.8 Å². The second-order valence-electron chi connectivity index (χ2n) is 7.87. The van der Waals surface area contributed by atoms with Crippen molar-refractivity contribution in [3.05, 3.63) is 53.9 Å². The number of thioether (sulfide) groups is 1. The first-order chi connectivity index (χ1) is 16.8. The minimum absolute atomic E-state index is 0.0829. The van der Waals surface area contributed by atoms with E-state index in [-0.39, 0.29) is 24.1 Å². The Hall–Kier alpha value is -3.53. The normalized spacial score (nSPS) is 10.7. The molecular formula is C25H31N5O4S. The number of amides is 2. The average Bonchev–Trinajstić information content (AvgIpc) is 3.29. The van der Waals surface area contributed by atoms with Gasteiger partial charge in [0.2, 0.25) is 11.8 Å². The zero-order chi connectivity index (χ0) is 25.4. The van der Waals surface area contributed by atoms with E-state index >= 15 is 0 Å². The van der Waals surface area contributed by atoms with E-state index in [0.717, 1.165) is 11.3 Å². The van der Waals surface area contributed by atoms with Crippen LogP contribution in [-0.2, 0) is 9.59 Å². The Morgan fingerprint density at radius 1 is 1.03 bits per heavy atom. The largest absolute Gasteiger partial charge is 0.490 e. The third-order valence-corrected chi connectivity index (χ3v) is 6.17. The van der Waals surface area contributed by atoms with Gasteiger partial charge < -0.3 is 19.7 Å². The lowest BCUT2D eigenvalue weighted by Gasteiger charge is -2.17. The van der Waals surface area contributed by atoms with Crippen molar-refractivity contribution in [2.75, 3.05) is 37.9 Å². The summed E-state index contributed by atoms with van der Waals surface area (Å²) in [5.41, 5.74) is 3.86. The standard InChI is InChI=1S/C25H31N5O4S/c1-6-33-21-11-9-19(13-22(21)34-7-2)27-23(31)14-29(5)24(32)15-35-25-28-26-16-30(25)20-10-8-17(3)18(4)12-20/h8-13,16H,6-7,14-15H2,1-5H3,(H,27,31). The highest BCUT2D eigenvalue weighted by Gasteiger charge is 2.17. The van der Waals surface area contributed by atoms with Crippen molar-refractivity contribution in [1.29, 1.82) is 0 Å². The maximum absolute atomic E-state index is 12.7. The van der Waals surface area contributed by atoms with E-state index < -0.39 is 0 Å². The second kappa shape index (κ2) is 12.3. The SMILES string of the molecule is CCOc1ccc(NC(=O)CN(C)C(=O)CSc2nncn2-c2ccc(C)c(C)c2)cc1OCC. The van der Waals surface area contributed by atoms with Gasteiger partial charge in [0.05, 0.1) is 25.5 Å². The zero-order valence-corrected chi connectivity index (χ0v) is 21.5. The van der Waals surface area contributed by atoms with Crippen LogP contribution < -0.4 is 14.8 Å². The van der Waals surface area contributed by atoms with Crippen LogP contribution in [-0.4, -0.2) is 64.0 Å². The minimum atomic E-state index is -0.309. The fourth-order valence-electron chi connectivity index (χ4n) is 3.24. The second-order valence-corrected chi connectivity index (χ2v) is 8.81. The van der Waals surface area contributed by atoms with Crippen LogP contribution in [0.2, 0.25) is 0 Å². The molecule has 2 amide bonds. The Bertz CT molecular complexity index is 1180. The molecule has 3 rings (SSSR count). The summed E-state index contributed by atoms with van der Waals surface area (Å²) in [4.78, 5) is 26.6. The van der Waals surface area contributed by atoms with E-state index in [9.17, 15) is 9.59 Å². The summed E-state index contributed by atoms with van der Waals surface area (Å²) in [6, 6.07) is 11.3. The van der Waals surface area contributed by atoms with Gasteiger partial charge in [-0.05, 0) is 63.1 Å².